The molecule has 2 heteroatoms. The van der Waals surface area contributed by atoms with E-state index in [4.69, 9.17) is 0 Å². The van der Waals surface area contributed by atoms with Crippen molar-refractivity contribution in [2.24, 2.45) is 4.99 Å². The summed E-state index contributed by atoms with van der Waals surface area (Å²) in [7, 11) is 0. The van der Waals surface area contributed by atoms with Crippen molar-refractivity contribution in [2.45, 2.75) is 19.3 Å². The van der Waals surface area contributed by atoms with E-state index in [1.54, 1.807) is 0 Å². The maximum Gasteiger partial charge on any atom is 0.0434 e. The predicted octanol–water partition coefficient (Wildman–Crippen LogP) is 0.831. The van der Waals surface area contributed by atoms with E-state index < -0.39 is 0 Å². The van der Waals surface area contributed by atoms with E-state index in [1.807, 2.05) is 6.21 Å². The summed E-state index contributed by atoms with van der Waals surface area (Å²) >= 11 is 0. The summed E-state index contributed by atoms with van der Waals surface area (Å²) in [5.74, 6) is 0. The van der Waals surface area contributed by atoms with Gasteiger partial charge in [-0.25, -0.2) is 0 Å². The third kappa shape index (κ3) is 3.25. The Hall–Kier alpha value is -0.370. The quantitative estimate of drug-likeness (QED) is 0.511. The maximum atomic E-state index is 3.79. The summed E-state index contributed by atoms with van der Waals surface area (Å²) in [6.45, 7) is 3.57. The van der Waals surface area contributed by atoms with Crippen LogP contribution in [0, 0.1) is 0 Å². The van der Waals surface area contributed by atoms with Gasteiger partial charge >= 0.3 is 0 Å². The third-order valence-electron chi connectivity index (χ3n) is 1.47. The van der Waals surface area contributed by atoms with Crippen LogP contribution in [0.25, 0.3) is 0 Å². The summed E-state index contributed by atoms with van der Waals surface area (Å²) in [4.78, 5) is 3.79. The number of aliphatic imine (C=N–C) groups is 1. The van der Waals surface area contributed by atoms with Crippen LogP contribution >= 0.6 is 0 Å². The summed E-state index contributed by atoms with van der Waals surface area (Å²) in [5.41, 5.74) is 0. The van der Waals surface area contributed by atoms with Crippen molar-refractivity contribution in [1.82, 2.24) is 5.32 Å². The van der Waals surface area contributed by atoms with Gasteiger partial charge in [0.1, 0.15) is 0 Å². The highest BCUT2D eigenvalue weighted by Gasteiger charge is 1.93. The number of hydrogen-bond donors (Lipinski definition) is 1. The normalized spacial score (nSPS) is 22.2. The fraction of sp³-hybridized carbons (Fsp3) is 0.857. The van der Waals surface area contributed by atoms with Crippen LogP contribution in [-0.2, 0) is 0 Å². The predicted molar refractivity (Wildman–Crippen MR) is 40.1 cm³/mol. The average molecular weight is 126 g/mol. The van der Waals surface area contributed by atoms with Gasteiger partial charge < -0.3 is 5.32 Å². The Morgan fingerprint density at radius 2 is 1.67 bits per heavy atom. The molecule has 1 saturated heterocycles. The molecule has 0 aromatic carbocycles. The van der Waals surface area contributed by atoms with Crippen LogP contribution in [0.5, 0.6) is 0 Å². The molecular formula is C7H14N2. The zero-order valence-corrected chi connectivity index (χ0v) is 5.77. The van der Waals surface area contributed by atoms with Gasteiger partial charge in [0.15, 0.2) is 0 Å². The Kier molecular flexibility index (Phi) is 3.38. The second-order valence-electron chi connectivity index (χ2n) is 2.33. The second-order valence-corrected chi connectivity index (χ2v) is 2.33. The average Bonchev–Trinajstić information content (AvgIpc) is 2.07. The van der Waals surface area contributed by atoms with Gasteiger partial charge in [0.25, 0.3) is 0 Å². The Morgan fingerprint density at radius 3 is 1.78 bits per heavy atom. The molecule has 0 amide bonds. The molecule has 2 heterocycles. The molecule has 0 radical (unpaired) electrons. The number of nitrogens with one attached hydrogen (secondary N) is 1. The van der Waals surface area contributed by atoms with E-state index in [1.165, 1.54) is 32.4 Å². The minimum absolute atomic E-state index is 1.07. The van der Waals surface area contributed by atoms with E-state index in [9.17, 15) is 0 Å². The van der Waals surface area contributed by atoms with E-state index in [0.29, 0.717) is 0 Å². The molecule has 2 rings (SSSR count). The molecule has 0 unspecified atom stereocenters. The molecule has 2 aliphatic heterocycles. The van der Waals surface area contributed by atoms with Gasteiger partial charge in [-0.3, -0.25) is 4.99 Å². The highest BCUT2D eigenvalue weighted by atomic mass is 14.9. The molecule has 1 N–H and O–H groups in total. The van der Waals surface area contributed by atoms with E-state index in [-0.39, 0.29) is 0 Å². The lowest BCUT2D eigenvalue weighted by molar-refractivity contribution is 0.857. The molecule has 9 heavy (non-hydrogen) atoms. The number of hydrogen-bond acceptors (Lipinski definition) is 2. The smallest absolute Gasteiger partial charge is 0.0434 e. The molecule has 52 valence electrons. The first kappa shape index (κ1) is 6.75. The topological polar surface area (TPSA) is 24.4 Å². The number of nitrogens with zero attached hydrogens (tertiary/aromatic N) is 1. The zero-order valence-electron chi connectivity index (χ0n) is 5.77. The van der Waals surface area contributed by atoms with Crippen molar-refractivity contribution < 1.29 is 0 Å². The Bertz CT molecular complexity index is 71.3. The lowest BCUT2D eigenvalue weighted by atomic mass is 10.4. The highest BCUT2D eigenvalue weighted by Crippen LogP contribution is 1.90. The van der Waals surface area contributed by atoms with Crippen LogP contribution in [-0.4, -0.2) is 25.8 Å². The van der Waals surface area contributed by atoms with Crippen LogP contribution in [0.1, 0.15) is 19.3 Å². The molecule has 2 nitrogen and oxygen atoms in total. The molecule has 0 spiro atoms. The standard InChI is InChI=1S/C4H9N.C3H5N/c1-2-4-5-3-1;1-2-4-3-1/h5H,1-4H2;2H,1,3H2. The molecule has 0 saturated carbocycles. The van der Waals surface area contributed by atoms with Crippen LogP contribution in [0.15, 0.2) is 4.99 Å². The number of rotatable bonds is 0. The first-order valence-corrected chi connectivity index (χ1v) is 3.69. The van der Waals surface area contributed by atoms with E-state index >= 15 is 0 Å². The van der Waals surface area contributed by atoms with Crippen molar-refractivity contribution >= 4 is 6.21 Å². The van der Waals surface area contributed by atoms with Crippen LogP contribution < -0.4 is 5.32 Å². The van der Waals surface area contributed by atoms with Crippen LogP contribution in [0.2, 0.25) is 0 Å². The molecule has 2 aliphatic rings. The highest BCUT2D eigenvalue weighted by molar-refractivity contribution is 5.62. The van der Waals surface area contributed by atoms with E-state index in [0.717, 1.165) is 6.54 Å². The zero-order chi connectivity index (χ0) is 6.36. The molecule has 0 bridgehead atoms. The monoisotopic (exact) mass is 126 g/mol. The molecule has 0 aromatic heterocycles. The molecule has 0 aliphatic carbocycles. The van der Waals surface area contributed by atoms with Gasteiger partial charge in [0.2, 0.25) is 0 Å². The van der Waals surface area contributed by atoms with E-state index in [2.05, 4.69) is 10.3 Å². The van der Waals surface area contributed by atoms with Crippen molar-refractivity contribution in [3.63, 3.8) is 0 Å². The molecular weight excluding hydrogens is 112 g/mol. The van der Waals surface area contributed by atoms with Gasteiger partial charge in [0, 0.05) is 19.2 Å². The van der Waals surface area contributed by atoms with Crippen molar-refractivity contribution in [3.05, 3.63) is 0 Å². The summed E-state index contributed by atoms with van der Waals surface area (Å²) in [6, 6.07) is 0. The Balaban J connectivity index is 0.0000000922. The minimum atomic E-state index is 1.07. The fourth-order valence-electron chi connectivity index (χ4n) is 0.754. The first-order chi connectivity index (χ1) is 4.50. The fourth-order valence-corrected chi connectivity index (χ4v) is 0.754. The minimum Gasteiger partial charge on any atom is -0.317 e. The second kappa shape index (κ2) is 4.50. The lowest BCUT2D eigenvalue weighted by Gasteiger charge is -1.92. The SMILES string of the molecule is C1=NCC1.C1CCNC1. The van der Waals surface area contributed by atoms with Gasteiger partial charge in [-0.2, -0.15) is 0 Å². The van der Waals surface area contributed by atoms with Crippen molar-refractivity contribution in [1.29, 1.82) is 0 Å². The van der Waals surface area contributed by atoms with Crippen LogP contribution in [0.3, 0.4) is 0 Å². The molecule has 1 fully saturated rings. The van der Waals surface area contributed by atoms with Crippen molar-refractivity contribution in [3.8, 4) is 0 Å². The van der Waals surface area contributed by atoms with Gasteiger partial charge in [-0.1, -0.05) is 0 Å². The molecule has 0 atom stereocenters. The summed E-state index contributed by atoms with van der Waals surface area (Å²) in [5, 5.41) is 3.22. The third-order valence-corrected chi connectivity index (χ3v) is 1.47. The Labute approximate surface area is 56.4 Å². The Morgan fingerprint density at radius 1 is 1.22 bits per heavy atom. The maximum absolute atomic E-state index is 3.79. The largest absolute Gasteiger partial charge is 0.317 e. The van der Waals surface area contributed by atoms with Crippen molar-refractivity contribution in [2.75, 3.05) is 19.6 Å². The van der Waals surface area contributed by atoms with Gasteiger partial charge in [0.05, 0.1) is 0 Å². The lowest BCUT2D eigenvalue weighted by Crippen LogP contribution is -2.03. The first-order valence-electron chi connectivity index (χ1n) is 3.69. The van der Waals surface area contributed by atoms with Gasteiger partial charge in [-0.15, -0.1) is 0 Å². The summed E-state index contributed by atoms with van der Waals surface area (Å²) < 4.78 is 0. The summed E-state index contributed by atoms with van der Waals surface area (Å²) in [6.07, 6.45) is 5.92. The van der Waals surface area contributed by atoms with Crippen LogP contribution in [0.4, 0.5) is 0 Å². The molecule has 0 aromatic rings. The van der Waals surface area contributed by atoms with Gasteiger partial charge in [-0.05, 0) is 25.9 Å².